The van der Waals surface area contributed by atoms with Crippen LogP contribution in [-0.4, -0.2) is 43.9 Å². The Morgan fingerprint density at radius 3 is 1.89 bits per heavy atom. The van der Waals surface area contributed by atoms with Crippen LogP contribution >= 0.6 is 15.9 Å². The summed E-state index contributed by atoms with van der Waals surface area (Å²) in [5, 5.41) is 2.70. The summed E-state index contributed by atoms with van der Waals surface area (Å²) in [4.78, 5) is 63.9. The summed E-state index contributed by atoms with van der Waals surface area (Å²) >= 11 is 3.31. The van der Waals surface area contributed by atoms with Crippen LogP contribution in [0.1, 0.15) is 51.8 Å². The van der Waals surface area contributed by atoms with Gasteiger partial charge in [0.15, 0.2) is 0 Å². The number of esters is 2. The Balaban J connectivity index is 1.67. The van der Waals surface area contributed by atoms with Crippen molar-refractivity contribution in [3.05, 3.63) is 93.0 Å². The molecule has 9 nitrogen and oxygen atoms in total. The van der Waals surface area contributed by atoms with Gasteiger partial charge in [-0.15, -0.1) is 0 Å². The lowest BCUT2D eigenvalue weighted by molar-refractivity contribution is 0.0597. The van der Waals surface area contributed by atoms with Crippen LogP contribution < -0.4 is 10.2 Å². The quantitative estimate of drug-likeness (QED) is 0.385. The molecule has 1 aliphatic rings. The van der Waals surface area contributed by atoms with Gasteiger partial charge >= 0.3 is 11.9 Å². The average molecular weight is 537 g/mol. The van der Waals surface area contributed by atoms with Gasteiger partial charge in [0.05, 0.1) is 42.2 Å². The molecule has 0 radical (unpaired) electrons. The Hall–Kier alpha value is -4.31. The molecule has 1 heterocycles. The van der Waals surface area contributed by atoms with Crippen LogP contribution in [-0.2, 0) is 9.47 Å². The van der Waals surface area contributed by atoms with Crippen molar-refractivity contribution >= 4 is 57.0 Å². The predicted molar refractivity (Wildman–Crippen MR) is 129 cm³/mol. The maximum atomic E-state index is 13.2. The zero-order valence-corrected chi connectivity index (χ0v) is 20.0. The normalized spacial score (nSPS) is 12.3. The highest BCUT2D eigenvalue weighted by molar-refractivity contribution is 9.10. The summed E-state index contributed by atoms with van der Waals surface area (Å²) in [6.45, 7) is 0. The van der Waals surface area contributed by atoms with E-state index in [0.29, 0.717) is 11.3 Å². The fourth-order valence-corrected chi connectivity index (χ4v) is 3.83. The first-order chi connectivity index (χ1) is 16.7. The second kappa shape index (κ2) is 9.51. The van der Waals surface area contributed by atoms with E-state index in [2.05, 4.69) is 21.2 Å². The number of fused-ring (bicyclic) bond motifs is 1. The van der Waals surface area contributed by atoms with Gasteiger partial charge in [0, 0.05) is 15.7 Å². The Bertz CT molecular complexity index is 1370. The van der Waals surface area contributed by atoms with Gasteiger partial charge in [-0.1, -0.05) is 15.9 Å². The molecule has 1 aliphatic heterocycles. The molecule has 4 rings (SSSR count). The molecule has 0 saturated heterocycles. The van der Waals surface area contributed by atoms with Gasteiger partial charge < -0.3 is 14.8 Å². The van der Waals surface area contributed by atoms with E-state index in [0.717, 1.165) is 9.37 Å². The summed E-state index contributed by atoms with van der Waals surface area (Å²) in [6, 6.07) is 14.9. The van der Waals surface area contributed by atoms with Gasteiger partial charge in [0.1, 0.15) is 0 Å². The number of carbonyl (C=O) groups is 5. The van der Waals surface area contributed by atoms with E-state index in [1.165, 1.54) is 50.6 Å². The third-order valence-corrected chi connectivity index (χ3v) is 5.80. The number of hydrogen-bond acceptors (Lipinski definition) is 7. The third kappa shape index (κ3) is 4.56. The number of nitrogens with zero attached hydrogens (tertiary/aromatic N) is 1. The highest BCUT2D eigenvalue weighted by atomic mass is 79.9. The Morgan fingerprint density at radius 1 is 0.743 bits per heavy atom. The monoisotopic (exact) mass is 536 g/mol. The molecular formula is C25H17BrN2O7. The van der Waals surface area contributed by atoms with Crippen LogP contribution in [0.5, 0.6) is 0 Å². The van der Waals surface area contributed by atoms with Crippen LogP contribution in [0, 0.1) is 0 Å². The maximum Gasteiger partial charge on any atom is 0.337 e. The molecular weight excluding hydrogens is 520 g/mol. The molecule has 0 fully saturated rings. The maximum absolute atomic E-state index is 13.2. The van der Waals surface area contributed by atoms with Crippen LogP contribution in [0.4, 0.5) is 11.4 Å². The van der Waals surface area contributed by atoms with Crippen molar-refractivity contribution in [2.75, 3.05) is 24.4 Å². The van der Waals surface area contributed by atoms with Gasteiger partial charge in [0.25, 0.3) is 17.7 Å². The summed E-state index contributed by atoms with van der Waals surface area (Å²) in [7, 11) is 2.33. The minimum atomic E-state index is -0.758. The molecule has 35 heavy (non-hydrogen) atoms. The van der Waals surface area contributed by atoms with Gasteiger partial charge in [0.2, 0.25) is 0 Å². The van der Waals surface area contributed by atoms with Crippen molar-refractivity contribution in [2.45, 2.75) is 0 Å². The molecule has 0 atom stereocenters. The molecule has 0 spiro atoms. The standard InChI is InChI=1S/C25H17BrN2O7/c1-34-24(32)14-9-15(25(33)35-2)11-18(10-14)28-22(30)19-8-7-17(12-20(19)23(28)31)27-21(29)13-3-5-16(26)6-4-13/h3-12H,1-2H3,(H,27,29). The van der Waals surface area contributed by atoms with Gasteiger partial charge in [-0.2, -0.15) is 0 Å². The number of rotatable bonds is 5. The number of imide groups is 1. The fraction of sp³-hybridized carbons (Fsp3) is 0.0800. The number of nitrogens with one attached hydrogen (secondary N) is 1. The number of ether oxygens (including phenoxy) is 2. The third-order valence-electron chi connectivity index (χ3n) is 5.27. The average Bonchev–Trinajstić information content (AvgIpc) is 3.12. The minimum Gasteiger partial charge on any atom is -0.465 e. The molecule has 0 aromatic heterocycles. The topological polar surface area (TPSA) is 119 Å². The van der Waals surface area contributed by atoms with Crippen LogP contribution in [0.2, 0.25) is 0 Å². The Morgan fingerprint density at radius 2 is 1.31 bits per heavy atom. The largest absolute Gasteiger partial charge is 0.465 e. The smallest absolute Gasteiger partial charge is 0.337 e. The number of carbonyl (C=O) groups excluding carboxylic acids is 5. The number of hydrogen-bond donors (Lipinski definition) is 1. The Kier molecular flexibility index (Phi) is 6.48. The Labute approximate surface area is 207 Å². The predicted octanol–water partition coefficient (Wildman–Crippen LogP) is 4.08. The van der Waals surface area contributed by atoms with Gasteiger partial charge in [-0.05, 0) is 60.7 Å². The number of halogens is 1. The van der Waals surface area contributed by atoms with E-state index in [-0.39, 0.29) is 33.8 Å². The number of benzene rings is 3. The summed E-state index contributed by atoms with van der Waals surface area (Å²) in [5.41, 5.74) is 0.825. The first-order valence-electron chi connectivity index (χ1n) is 10.1. The molecule has 0 unspecified atom stereocenters. The molecule has 3 amide bonds. The van der Waals surface area contributed by atoms with Crippen LogP contribution in [0.25, 0.3) is 0 Å². The van der Waals surface area contributed by atoms with E-state index >= 15 is 0 Å². The second-order valence-corrected chi connectivity index (χ2v) is 8.33. The van der Waals surface area contributed by atoms with Crippen molar-refractivity contribution in [2.24, 2.45) is 0 Å². The molecule has 0 bridgehead atoms. The van der Waals surface area contributed by atoms with Crippen LogP contribution in [0.3, 0.4) is 0 Å². The highest BCUT2D eigenvalue weighted by Crippen LogP contribution is 2.32. The zero-order chi connectivity index (χ0) is 25.3. The SMILES string of the molecule is COC(=O)c1cc(C(=O)OC)cc(N2C(=O)c3ccc(NC(=O)c4ccc(Br)cc4)cc3C2=O)c1. The summed E-state index contributed by atoms with van der Waals surface area (Å²) in [6.07, 6.45) is 0. The first-order valence-corrected chi connectivity index (χ1v) is 10.9. The first kappa shape index (κ1) is 23.8. The van der Waals surface area contributed by atoms with Crippen molar-refractivity contribution in [1.29, 1.82) is 0 Å². The van der Waals surface area contributed by atoms with E-state index in [4.69, 9.17) is 9.47 Å². The number of anilines is 2. The molecule has 1 N–H and O–H groups in total. The molecule has 0 aliphatic carbocycles. The van der Waals surface area contributed by atoms with Crippen LogP contribution in [0.15, 0.2) is 65.1 Å². The van der Waals surface area contributed by atoms with Crippen molar-refractivity contribution < 1.29 is 33.4 Å². The van der Waals surface area contributed by atoms with E-state index in [1.54, 1.807) is 24.3 Å². The molecule has 176 valence electrons. The van der Waals surface area contributed by atoms with Gasteiger partial charge in [-0.3, -0.25) is 14.4 Å². The number of methoxy groups -OCH3 is 2. The summed E-state index contributed by atoms with van der Waals surface area (Å²) < 4.78 is 10.2. The zero-order valence-electron chi connectivity index (χ0n) is 18.5. The lowest BCUT2D eigenvalue weighted by Gasteiger charge is -2.16. The lowest BCUT2D eigenvalue weighted by atomic mass is 10.1. The minimum absolute atomic E-state index is 0.0000481. The highest BCUT2D eigenvalue weighted by Gasteiger charge is 2.37. The number of amides is 3. The van der Waals surface area contributed by atoms with Crippen molar-refractivity contribution in [3.8, 4) is 0 Å². The van der Waals surface area contributed by atoms with E-state index in [1.807, 2.05) is 0 Å². The summed E-state index contributed by atoms with van der Waals surface area (Å²) in [5.74, 6) is -3.23. The molecule has 10 heteroatoms. The molecule has 3 aromatic rings. The van der Waals surface area contributed by atoms with Crippen molar-refractivity contribution in [1.82, 2.24) is 0 Å². The fourth-order valence-electron chi connectivity index (χ4n) is 3.57. The second-order valence-electron chi connectivity index (χ2n) is 7.42. The van der Waals surface area contributed by atoms with Crippen molar-refractivity contribution in [3.63, 3.8) is 0 Å². The lowest BCUT2D eigenvalue weighted by Crippen LogP contribution is -2.30. The van der Waals surface area contributed by atoms with Gasteiger partial charge in [-0.25, -0.2) is 14.5 Å². The van der Waals surface area contributed by atoms with E-state index < -0.39 is 23.8 Å². The van der Waals surface area contributed by atoms with E-state index in [9.17, 15) is 24.0 Å². The molecule has 0 saturated carbocycles. The molecule has 3 aromatic carbocycles.